The number of thioether (sulfide) groups is 1. The van der Waals surface area contributed by atoms with Crippen LogP contribution in [0.4, 0.5) is 5.69 Å². The second kappa shape index (κ2) is 9.57. The second-order valence-electron chi connectivity index (χ2n) is 5.92. The van der Waals surface area contributed by atoms with Gasteiger partial charge in [-0.15, -0.1) is 10.2 Å². The van der Waals surface area contributed by atoms with Gasteiger partial charge in [-0.3, -0.25) is 4.79 Å². The molecule has 0 atom stereocenters. The molecule has 3 rings (SSSR count). The normalized spacial score (nSPS) is 10.7. The molecule has 28 heavy (non-hydrogen) atoms. The molecule has 0 fully saturated rings. The van der Waals surface area contributed by atoms with Gasteiger partial charge in [0, 0.05) is 12.7 Å². The van der Waals surface area contributed by atoms with E-state index in [0.717, 1.165) is 5.75 Å². The van der Waals surface area contributed by atoms with Gasteiger partial charge in [0.25, 0.3) is 0 Å². The minimum atomic E-state index is -0.192. The van der Waals surface area contributed by atoms with E-state index in [2.05, 4.69) is 20.5 Å². The number of anilines is 1. The number of halogens is 1. The van der Waals surface area contributed by atoms with E-state index in [-0.39, 0.29) is 16.8 Å². The Balaban J connectivity index is 1.58. The number of rotatable bonds is 8. The highest BCUT2D eigenvalue weighted by atomic mass is 35.5. The van der Waals surface area contributed by atoms with Crippen molar-refractivity contribution < 1.29 is 9.53 Å². The number of pyridine rings is 1. The summed E-state index contributed by atoms with van der Waals surface area (Å²) >= 11 is 7.26. The lowest BCUT2D eigenvalue weighted by molar-refractivity contribution is -0.113. The molecule has 1 N–H and O–H groups in total. The largest absolute Gasteiger partial charge is 0.486 e. The summed E-state index contributed by atoms with van der Waals surface area (Å²) in [6.45, 7) is 5.01. The summed E-state index contributed by atoms with van der Waals surface area (Å²) in [4.78, 5) is 16.1. The summed E-state index contributed by atoms with van der Waals surface area (Å²) in [5, 5.41) is 12.0. The number of aryl methyl sites for hydroxylation is 1. The lowest BCUT2D eigenvalue weighted by atomic mass is 10.2. The van der Waals surface area contributed by atoms with E-state index in [1.807, 2.05) is 42.7 Å². The van der Waals surface area contributed by atoms with Crippen molar-refractivity contribution in [1.29, 1.82) is 0 Å². The molecule has 0 radical (unpaired) electrons. The number of hydrogen-bond acceptors (Lipinski definition) is 6. The maximum Gasteiger partial charge on any atom is 0.234 e. The molecule has 7 nitrogen and oxygen atoms in total. The molecule has 0 saturated heterocycles. The van der Waals surface area contributed by atoms with Crippen LogP contribution in [0, 0.1) is 6.92 Å². The predicted molar refractivity (Wildman–Crippen MR) is 110 cm³/mol. The van der Waals surface area contributed by atoms with Crippen LogP contribution in [0.3, 0.4) is 0 Å². The number of carbonyl (C=O) groups is 1. The Morgan fingerprint density at radius 1 is 1.25 bits per heavy atom. The van der Waals surface area contributed by atoms with Gasteiger partial charge >= 0.3 is 0 Å². The van der Waals surface area contributed by atoms with Crippen molar-refractivity contribution in [2.24, 2.45) is 0 Å². The van der Waals surface area contributed by atoms with E-state index >= 15 is 0 Å². The molecular weight excluding hydrogens is 398 g/mol. The van der Waals surface area contributed by atoms with E-state index in [1.54, 1.807) is 18.3 Å². The lowest BCUT2D eigenvalue weighted by Gasteiger charge is -2.09. The number of nitrogens with zero attached hydrogens (tertiary/aromatic N) is 4. The quantitative estimate of drug-likeness (QED) is 0.441. The van der Waals surface area contributed by atoms with Crippen LogP contribution in [0.1, 0.15) is 18.3 Å². The molecule has 0 saturated carbocycles. The van der Waals surface area contributed by atoms with Gasteiger partial charge in [0.15, 0.2) is 16.1 Å². The van der Waals surface area contributed by atoms with Crippen LogP contribution < -0.4 is 10.1 Å². The van der Waals surface area contributed by atoms with Gasteiger partial charge in [0.05, 0.1) is 11.4 Å². The molecule has 0 bridgehead atoms. The fourth-order valence-corrected chi connectivity index (χ4v) is 3.42. The SMILES string of the molecule is CCn1c(COc2ccc(C)cc2)nnc1SCC(=O)Nc1cccnc1Cl. The summed E-state index contributed by atoms with van der Waals surface area (Å²) in [7, 11) is 0. The van der Waals surface area contributed by atoms with E-state index in [0.29, 0.717) is 29.8 Å². The first-order valence-electron chi connectivity index (χ1n) is 8.71. The molecule has 0 spiro atoms. The minimum absolute atomic E-state index is 0.183. The average molecular weight is 418 g/mol. The summed E-state index contributed by atoms with van der Waals surface area (Å²) in [5.74, 6) is 1.48. The topological polar surface area (TPSA) is 81.9 Å². The fraction of sp³-hybridized carbons (Fsp3) is 0.263. The van der Waals surface area contributed by atoms with E-state index in [1.165, 1.54) is 17.3 Å². The zero-order chi connectivity index (χ0) is 19.9. The van der Waals surface area contributed by atoms with Gasteiger partial charge in [0.1, 0.15) is 12.4 Å². The third kappa shape index (κ3) is 5.24. The Kier molecular flexibility index (Phi) is 6.89. The van der Waals surface area contributed by atoms with Crippen molar-refractivity contribution in [3.05, 3.63) is 59.1 Å². The van der Waals surface area contributed by atoms with Gasteiger partial charge in [-0.25, -0.2) is 4.98 Å². The highest BCUT2D eigenvalue weighted by Crippen LogP contribution is 2.21. The van der Waals surface area contributed by atoms with Gasteiger partial charge in [-0.05, 0) is 38.1 Å². The van der Waals surface area contributed by atoms with Crippen LogP contribution in [-0.2, 0) is 17.9 Å². The number of carbonyl (C=O) groups excluding carboxylic acids is 1. The van der Waals surface area contributed by atoms with Crippen LogP contribution in [0.5, 0.6) is 5.75 Å². The number of aromatic nitrogens is 4. The maximum atomic E-state index is 12.2. The van der Waals surface area contributed by atoms with E-state index in [4.69, 9.17) is 16.3 Å². The molecular formula is C19H20ClN5O2S. The standard InChI is InChI=1S/C19H20ClN5O2S/c1-3-25-16(11-27-14-8-6-13(2)7-9-14)23-24-19(25)28-12-17(26)22-15-5-4-10-21-18(15)20/h4-10H,3,11-12H2,1-2H3,(H,22,26). The third-order valence-corrected chi connectivity index (χ3v) is 5.13. The molecule has 0 aliphatic rings. The molecule has 146 valence electrons. The average Bonchev–Trinajstić information content (AvgIpc) is 3.09. The van der Waals surface area contributed by atoms with Crippen molar-refractivity contribution in [1.82, 2.24) is 19.7 Å². The number of amides is 1. The van der Waals surface area contributed by atoms with Gasteiger partial charge < -0.3 is 14.6 Å². The number of hydrogen-bond donors (Lipinski definition) is 1. The van der Waals surface area contributed by atoms with Crippen molar-refractivity contribution in [3.8, 4) is 5.75 Å². The number of nitrogens with one attached hydrogen (secondary N) is 1. The zero-order valence-corrected chi connectivity index (χ0v) is 17.1. The van der Waals surface area contributed by atoms with Crippen molar-refractivity contribution in [2.45, 2.75) is 32.2 Å². The molecule has 2 aromatic heterocycles. The summed E-state index contributed by atoms with van der Waals surface area (Å²) in [6, 6.07) is 11.2. The van der Waals surface area contributed by atoms with Crippen molar-refractivity contribution in [2.75, 3.05) is 11.1 Å². The Morgan fingerprint density at radius 3 is 2.75 bits per heavy atom. The Bertz CT molecular complexity index is 946. The Morgan fingerprint density at radius 2 is 2.04 bits per heavy atom. The van der Waals surface area contributed by atoms with Gasteiger partial charge in [-0.2, -0.15) is 0 Å². The first-order valence-corrected chi connectivity index (χ1v) is 10.1. The van der Waals surface area contributed by atoms with Crippen LogP contribution in [0.2, 0.25) is 5.15 Å². The summed E-state index contributed by atoms with van der Waals surface area (Å²) < 4.78 is 7.72. The van der Waals surface area contributed by atoms with Crippen LogP contribution in [-0.4, -0.2) is 31.4 Å². The molecule has 2 heterocycles. The monoisotopic (exact) mass is 417 g/mol. The Hall–Kier alpha value is -2.58. The minimum Gasteiger partial charge on any atom is -0.486 e. The summed E-state index contributed by atoms with van der Waals surface area (Å²) in [6.07, 6.45) is 1.57. The molecule has 1 aromatic carbocycles. The highest BCUT2D eigenvalue weighted by molar-refractivity contribution is 7.99. The molecule has 9 heteroatoms. The summed E-state index contributed by atoms with van der Waals surface area (Å²) in [5.41, 5.74) is 1.66. The molecule has 3 aromatic rings. The molecule has 1 amide bonds. The lowest BCUT2D eigenvalue weighted by Crippen LogP contribution is -2.15. The number of ether oxygens (including phenoxy) is 1. The van der Waals surface area contributed by atoms with E-state index < -0.39 is 0 Å². The van der Waals surface area contributed by atoms with Crippen molar-refractivity contribution >= 4 is 35.0 Å². The molecule has 0 aliphatic heterocycles. The predicted octanol–water partition coefficient (Wildman–Crippen LogP) is 3.96. The molecule has 0 unspecified atom stereocenters. The van der Waals surface area contributed by atoms with Gasteiger partial charge in [0.2, 0.25) is 5.91 Å². The van der Waals surface area contributed by atoms with Crippen LogP contribution in [0.15, 0.2) is 47.8 Å². The number of benzene rings is 1. The second-order valence-corrected chi connectivity index (χ2v) is 7.22. The zero-order valence-electron chi connectivity index (χ0n) is 15.6. The third-order valence-electron chi connectivity index (χ3n) is 3.86. The first-order chi connectivity index (χ1) is 13.6. The van der Waals surface area contributed by atoms with Crippen LogP contribution >= 0.6 is 23.4 Å². The van der Waals surface area contributed by atoms with E-state index in [9.17, 15) is 4.79 Å². The molecule has 0 aliphatic carbocycles. The Labute approximate surface area is 172 Å². The first kappa shape index (κ1) is 20.2. The van der Waals surface area contributed by atoms with Crippen molar-refractivity contribution in [3.63, 3.8) is 0 Å². The smallest absolute Gasteiger partial charge is 0.234 e. The van der Waals surface area contributed by atoms with Gasteiger partial charge in [-0.1, -0.05) is 41.1 Å². The van der Waals surface area contributed by atoms with Crippen LogP contribution in [0.25, 0.3) is 0 Å². The fourth-order valence-electron chi connectivity index (χ4n) is 2.43. The maximum absolute atomic E-state index is 12.2. The highest BCUT2D eigenvalue weighted by Gasteiger charge is 2.14.